The normalized spacial score (nSPS) is 20.5. The molecule has 0 spiro atoms. The lowest BCUT2D eigenvalue weighted by Gasteiger charge is -2.00. The second-order valence-corrected chi connectivity index (χ2v) is 3.44. The van der Waals surface area contributed by atoms with E-state index in [1.807, 2.05) is 6.92 Å². The van der Waals surface area contributed by atoms with Crippen LogP contribution >= 0.6 is 0 Å². The standard InChI is InChI=1S/C11H11FO/c1-2-7-6-9-8(11(7)13)4-3-5-10(9)12/h3-5,7H,2,6H2,1H3. The Morgan fingerprint density at radius 1 is 1.54 bits per heavy atom. The maximum absolute atomic E-state index is 13.2. The molecule has 0 radical (unpaired) electrons. The first-order chi connectivity index (χ1) is 6.24. The highest BCUT2D eigenvalue weighted by Crippen LogP contribution is 2.30. The molecule has 0 bridgehead atoms. The van der Waals surface area contributed by atoms with Gasteiger partial charge in [0.25, 0.3) is 0 Å². The molecule has 2 rings (SSSR count). The van der Waals surface area contributed by atoms with Crippen LogP contribution < -0.4 is 0 Å². The largest absolute Gasteiger partial charge is 0.294 e. The van der Waals surface area contributed by atoms with Crippen molar-refractivity contribution in [2.45, 2.75) is 19.8 Å². The number of benzene rings is 1. The van der Waals surface area contributed by atoms with Crippen LogP contribution in [0.15, 0.2) is 18.2 Å². The summed E-state index contributed by atoms with van der Waals surface area (Å²) in [6, 6.07) is 4.74. The van der Waals surface area contributed by atoms with Crippen molar-refractivity contribution in [2.75, 3.05) is 0 Å². The SMILES string of the molecule is CCC1Cc2c(F)cccc2C1=O. The highest BCUT2D eigenvalue weighted by atomic mass is 19.1. The van der Waals surface area contributed by atoms with E-state index in [0.717, 1.165) is 6.42 Å². The number of rotatable bonds is 1. The van der Waals surface area contributed by atoms with Crippen molar-refractivity contribution < 1.29 is 9.18 Å². The molecule has 1 nitrogen and oxygen atoms in total. The smallest absolute Gasteiger partial charge is 0.166 e. The minimum absolute atomic E-state index is 0.00639. The zero-order valence-corrected chi connectivity index (χ0v) is 7.51. The number of ketones is 1. The zero-order valence-electron chi connectivity index (χ0n) is 7.51. The summed E-state index contributed by atoms with van der Waals surface area (Å²) in [6.45, 7) is 1.96. The molecule has 1 aromatic rings. The fourth-order valence-corrected chi connectivity index (χ4v) is 1.89. The third-order valence-corrected chi connectivity index (χ3v) is 2.70. The summed E-state index contributed by atoms with van der Waals surface area (Å²) in [5.74, 6) is -0.120. The van der Waals surface area contributed by atoms with E-state index < -0.39 is 0 Å². The lowest BCUT2D eigenvalue weighted by molar-refractivity contribution is 0.0934. The van der Waals surface area contributed by atoms with Crippen molar-refractivity contribution in [2.24, 2.45) is 5.92 Å². The van der Waals surface area contributed by atoms with Gasteiger partial charge in [-0.1, -0.05) is 19.1 Å². The van der Waals surface area contributed by atoms with E-state index in [2.05, 4.69) is 0 Å². The second-order valence-electron chi connectivity index (χ2n) is 3.44. The number of hydrogen-bond acceptors (Lipinski definition) is 1. The summed E-state index contributed by atoms with van der Waals surface area (Å²) in [5.41, 5.74) is 1.20. The third-order valence-electron chi connectivity index (χ3n) is 2.70. The van der Waals surface area contributed by atoms with Gasteiger partial charge in [0.1, 0.15) is 5.82 Å². The molecule has 1 aliphatic carbocycles. The number of carbonyl (C=O) groups is 1. The number of carbonyl (C=O) groups excluding carboxylic acids is 1. The molecule has 0 saturated carbocycles. The van der Waals surface area contributed by atoms with Crippen molar-refractivity contribution in [1.82, 2.24) is 0 Å². The minimum atomic E-state index is -0.234. The molecule has 68 valence electrons. The summed E-state index contributed by atoms with van der Waals surface area (Å²) in [4.78, 5) is 11.6. The molecular weight excluding hydrogens is 167 g/mol. The van der Waals surface area contributed by atoms with Gasteiger partial charge in [0.2, 0.25) is 0 Å². The van der Waals surface area contributed by atoms with Crippen LogP contribution in [0.25, 0.3) is 0 Å². The summed E-state index contributed by atoms with van der Waals surface area (Å²) in [5, 5.41) is 0. The average molecular weight is 178 g/mol. The van der Waals surface area contributed by atoms with Gasteiger partial charge in [0, 0.05) is 11.5 Å². The van der Waals surface area contributed by atoms with Gasteiger partial charge in [-0.05, 0) is 24.5 Å². The fourth-order valence-electron chi connectivity index (χ4n) is 1.89. The van der Waals surface area contributed by atoms with Gasteiger partial charge in [0.15, 0.2) is 5.78 Å². The van der Waals surface area contributed by atoms with Crippen LogP contribution in [0.3, 0.4) is 0 Å². The molecule has 0 saturated heterocycles. The Balaban J connectivity index is 2.49. The van der Waals surface area contributed by atoms with Crippen molar-refractivity contribution in [3.63, 3.8) is 0 Å². The van der Waals surface area contributed by atoms with Gasteiger partial charge in [-0.25, -0.2) is 4.39 Å². The molecule has 0 fully saturated rings. The van der Waals surface area contributed by atoms with Crippen LogP contribution in [0, 0.1) is 11.7 Å². The van der Waals surface area contributed by atoms with Crippen molar-refractivity contribution in [1.29, 1.82) is 0 Å². The summed E-state index contributed by atoms with van der Waals surface area (Å²) in [6.07, 6.45) is 1.38. The summed E-state index contributed by atoms with van der Waals surface area (Å²) >= 11 is 0. The van der Waals surface area contributed by atoms with Gasteiger partial charge in [-0.3, -0.25) is 4.79 Å². The van der Waals surface area contributed by atoms with Crippen LogP contribution in [0.4, 0.5) is 4.39 Å². The molecular formula is C11H11FO. The first-order valence-electron chi connectivity index (χ1n) is 4.55. The maximum Gasteiger partial charge on any atom is 0.166 e. The van der Waals surface area contributed by atoms with E-state index in [1.165, 1.54) is 6.07 Å². The molecule has 1 aromatic carbocycles. The van der Waals surface area contributed by atoms with Crippen molar-refractivity contribution in [3.8, 4) is 0 Å². The molecule has 0 heterocycles. The van der Waals surface area contributed by atoms with E-state index in [4.69, 9.17) is 0 Å². The lowest BCUT2D eigenvalue weighted by Crippen LogP contribution is -2.06. The molecule has 1 aliphatic rings. The van der Waals surface area contributed by atoms with E-state index in [1.54, 1.807) is 12.1 Å². The van der Waals surface area contributed by atoms with Crippen molar-refractivity contribution >= 4 is 5.78 Å². The van der Waals surface area contributed by atoms with Crippen LogP contribution in [-0.4, -0.2) is 5.78 Å². The average Bonchev–Trinajstić information content (AvgIpc) is 2.45. The van der Waals surface area contributed by atoms with E-state index in [9.17, 15) is 9.18 Å². The zero-order chi connectivity index (χ0) is 9.42. The Hall–Kier alpha value is -1.18. The van der Waals surface area contributed by atoms with Gasteiger partial charge in [-0.2, -0.15) is 0 Å². The first kappa shape index (κ1) is 8.42. The van der Waals surface area contributed by atoms with Crippen LogP contribution in [-0.2, 0) is 6.42 Å². The van der Waals surface area contributed by atoms with Gasteiger partial charge in [-0.15, -0.1) is 0 Å². The molecule has 13 heavy (non-hydrogen) atoms. The van der Waals surface area contributed by atoms with E-state index in [0.29, 0.717) is 17.5 Å². The summed E-state index contributed by atoms with van der Waals surface area (Å²) < 4.78 is 13.2. The molecule has 2 heteroatoms. The number of hydrogen-bond donors (Lipinski definition) is 0. The predicted octanol–water partition coefficient (Wildman–Crippen LogP) is 2.59. The van der Waals surface area contributed by atoms with E-state index in [-0.39, 0.29) is 17.5 Å². The number of Topliss-reactive ketones (excluding diaryl/α,β-unsaturated/α-hetero) is 1. The highest BCUT2D eigenvalue weighted by molar-refractivity contribution is 6.02. The first-order valence-corrected chi connectivity index (χ1v) is 4.55. The van der Waals surface area contributed by atoms with Crippen LogP contribution in [0.2, 0.25) is 0 Å². The Kier molecular flexibility index (Phi) is 1.91. The topological polar surface area (TPSA) is 17.1 Å². The van der Waals surface area contributed by atoms with E-state index >= 15 is 0 Å². The quantitative estimate of drug-likeness (QED) is 0.646. The third kappa shape index (κ3) is 1.17. The number of fused-ring (bicyclic) bond motifs is 1. The molecule has 1 atom stereocenters. The predicted molar refractivity (Wildman–Crippen MR) is 48.2 cm³/mol. The van der Waals surface area contributed by atoms with Gasteiger partial charge < -0.3 is 0 Å². The highest BCUT2D eigenvalue weighted by Gasteiger charge is 2.30. The monoisotopic (exact) mass is 178 g/mol. The van der Waals surface area contributed by atoms with Gasteiger partial charge >= 0.3 is 0 Å². The minimum Gasteiger partial charge on any atom is -0.294 e. The Morgan fingerprint density at radius 2 is 2.31 bits per heavy atom. The van der Waals surface area contributed by atoms with Gasteiger partial charge in [0.05, 0.1) is 0 Å². The lowest BCUT2D eigenvalue weighted by atomic mass is 10.0. The maximum atomic E-state index is 13.2. The molecule has 0 N–H and O–H groups in total. The molecule has 0 amide bonds. The molecule has 1 unspecified atom stereocenters. The Morgan fingerprint density at radius 3 is 2.92 bits per heavy atom. The van der Waals surface area contributed by atoms with Crippen LogP contribution in [0.1, 0.15) is 29.3 Å². The Bertz CT molecular complexity index is 357. The fraction of sp³-hybridized carbons (Fsp3) is 0.364. The molecule has 0 aromatic heterocycles. The second kappa shape index (κ2) is 2.95. The number of halogens is 1. The summed E-state index contributed by atoms with van der Waals surface area (Å²) in [7, 11) is 0. The Labute approximate surface area is 76.6 Å². The van der Waals surface area contributed by atoms with Crippen molar-refractivity contribution in [3.05, 3.63) is 35.1 Å². The molecule has 0 aliphatic heterocycles. The van der Waals surface area contributed by atoms with Crippen LogP contribution in [0.5, 0.6) is 0 Å².